The van der Waals surface area contributed by atoms with E-state index in [1.807, 2.05) is 6.92 Å². The molecule has 0 unspecified atom stereocenters. The number of nitrogens with one attached hydrogen (secondary N) is 1. The van der Waals surface area contributed by atoms with Crippen LogP contribution in [0.2, 0.25) is 0 Å². The number of rotatable bonds is 8. The quantitative estimate of drug-likeness (QED) is 0.588. The number of ether oxygens (including phenoxy) is 1. The van der Waals surface area contributed by atoms with Crippen LogP contribution in [0.3, 0.4) is 0 Å². The lowest BCUT2D eigenvalue weighted by atomic mass is 9.84. The number of amides is 1. The SMILES string of the molecule is Cc1cc(CC(=O)NC2CCC(CCN3CCc4nc(OCC(F)(F)F)sc4CC3)CC2)no1. The Morgan fingerprint density at radius 1 is 1.26 bits per heavy atom. The summed E-state index contributed by atoms with van der Waals surface area (Å²) >= 11 is 1.24. The summed E-state index contributed by atoms with van der Waals surface area (Å²) < 4.78 is 46.9. The fourth-order valence-corrected chi connectivity index (χ4v) is 5.66. The molecular weight excluding hydrogens is 469 g/mol. The Morgan fingerprint density at radius 3 is 2.74 bits per heavy atom. The first-order chi connectivity index (χ1) is 16.2. The number of aryl methyl sites for hydroxylation is 1. The van der Waals surface area contributed by atoms with Crippen molar-refractivity contribution in [2.75, 3.05) is 26.2 Å². The molecule has 1 saturated carbocycles. The van der Waals surface area contributed by atoms with Crippen LogP contribution >= 0.6 is 11.3 Å². The third kappa shape index (κ3) is 7.43. The number of carbonyl (C=O) groups is 1. The van der Waals surface area contributed by atoms with Gasteiger partial charge in [0.2, 0.25) is 5.91 Å². The van der Waals surface area contributed by atoms with Crippen LogP contribution in [0, 0.1) is 12.8 Å². The molecule has 1 N–H and O–H groups in total. The van der Waals surface area contributed by atoms with Crippen LogP contribution in [0.1, 0.15) is 54.1 Å². The molecule has 1 fully saturated rings. The Bertz CT molecular complexity index is 928. The third-order valence-electron chi connectivity index (χ3n) is 6.52. The van der Waals surface area contributed by atoms with Gasteiger partial charge in [0.05, 0.1) is 17.8 Å². The molecule has 3 heterocycles. The van der Waals surface area contributed by atoms with Gasteiger partial charge < -0.3 is 19.5 Å². The van der Waals surface area contributed by atoms with E-state index < -0.39 is 12.8 Å². The van der Waals surface area contributed by atoms with Gasteiger partial charge in [-0.05, 0) is 57.9 Å². The molecule has 4 rings (SSSR count). The zero-order valence-electron chi connectivity index (χ0n) is 19.3. The van der Waals surface area contributed by atoms with Gasteiger partial charge in [0.1, 0.15) is 5.76 Å². The van der Waals surface area contributed by atoms with Crippen LogP contribution in [0.25, 0.3) is 0 Å². The molecular formula is C23H31F3N4O3S. The van der Waals surface area contributed by atoms with Gasteiger partial charge in [0.25, 0.3) is 5.19 Å². The predicted octanol–water partition coefficient (Wildman–Crippen LogP) is 4.09. The minimum absolute atomic E-state index is 0.00522. The van der Waals surface area contributed by atoms with Crippen molar-refractivity contribution in [2.45, 2.75) is 70.5 Å². The molecule has 1 amide bonds. The Morgan fingerprint density at radius 2 is 2.03 bits per heavy atom. The van der Waals surface area contributed by atoms with Crippen LogP contribution in [0.5, 0.6) is 5.19 Å². The van der Waals surface area contributed by atoms with Gasteiger partial charge in [-0.3, -0.25) is 4.79 Å². The Hall–Kier alpha value is -2.14. The van der Waals surface area contributed by atoms with E-state index in [-0.39, 0.29) is 23.6 Å². The molecule has 2 aromatic rings. The topological polar surface area (TPSA) is 80.5 Å². The highest BCUT2D eigenvalue weighted by Gasteiger charge is 2.30. The number of hydrogen-bond acceptors (Lipinski definition) is 7. The van der Waals surface area contributed by atoms with Crippen LogP contribution < -0.4 is 10.1 Å². The Labute approximate surface area is 201 Å². The maximum Gasteiger partial charge on any atom is 0.422 e. The fourth-order valence-electron chi connectivity index (χ4n) is 4.72. The Balaban J connectivity index is 1.13. The Kier molecular flexibility index (Phi) is 8.13. The lowest BCUT2D eigenvalue weighted by molar-refractivity contribution is -0.153. The summed E-state index contributed by atoms with van der Waals surface area (Å²) in [6.07, 6.45) is 2.78. The highest BCUT2D eigenvalue weighted by atomic mass is 32.1. The summed E-state index contributed by atoms with van der Waals surface area (Å²) in [5.74, 6) is 1.36. The number of aromatic nitrogens is 2. The van der Waals surface area contributed by atoms with Crippen LogP contribution in [-0.2, 0) is 24.1 Å². The van der Waals surface area contributed by atoms with Crippen LogP contribution in [0.4, 0.5) is 13.2 Å². The molecule has 1 aliphatic carbocycles. The molecule has 188 valence electrons. The van der Waals surface area contributed by atoms with E-state index in [2.05, 4.69) is 20.4 Å². The minimum Gasteiger partial charge on any atom is -0.460 e. The van der Waals surface area contributed by atoms with Crippen molar-refractivity contribution >= 4 is 17.2 Å². The number of thiazole rings is 1. The molecule has 0 saturated heterocycles. The normalized spacial score (nSPS) is 21.6. The van der Waals surface area contributed by atoms with Crippen molar-refractivity contribution in [1.29, 1.82) is 0 Å². The zero-order chi connectivity index (χ0) is 24.1. The number of nitrogens with zero attached hydrogens (tertiary/aromatic N) is 3. The molecule has 0 bridgehead atoms. The second kappa shape index (κ2) is 11.1. The minimum atomic E-state index is -4.35. The van der Waals surface area contributed by atoms with Crippen molar-refractivity contribution < 1.29 is 27.2 Å². The van der Waals surface area contributed by atoms with E-state index in [4.69, 9.17) is 9.26 Å². The summed E-state index contributed by atoms with van der Waals surface area (Å²) in [6.45, 7) is 3.28. The smallest absolute Gasteiger partial charge is 0.422 e. The summed E-state index contributed by atoms with van der Waals surface area (Å²) in [5.41, 5.74) is 1.54. The van der Waals surface area contributed by atoms with E-state index in [1.54, 1.807) is 6.07 Å². The highest BCUT2D eigenvalue weighted by Crippen LogP contribution is 2.31. The van der Waals surface area contributed by atoms with Crippen molar-refractivity contribution in [3.05, 3.63) is 28.1 Å². The maximum absolute atomic E-state index is 12.4. The molecule has 0 atom stereocenters. The monoisotopic (exact) mass is 500 g/mol. The largest absolute Gasteiger partial charge is 0.460 e. The van der Waals surface area contributed by atoms with Crippen LogP contribution in [0.15, 0.2) is 10.6 Å². The summed E-state index contributed by atoms with van der Waals surface area (Å²) in [7, 11) is 0. The highest BCUT2D eigenvalue weighted by molar-refractivity contribution is 7.13. The van der Waals surface area contributed by atoms with E-state index in [1.165, 1.54) is 11.3 Å². The van der Waals surface area contributed by atoms with E-state index in [0.29, 0.717) is 17.4 Å². The number of fused-ring (bicyclic) bond motifs is 1. The second-order valence-electron chi connectivity index (χ2n) is 9.27. The summed E-state index contributed by atoms with van der Waals surface area (Å²) in [5, 5.41) is 7.13. The second-order valence-corrected chi connectivity index (χ2v) is 10.3. The molecule has 7 nitrogen and oxygen atoms in total. The first-order valence-corrected chi connectivity index (χ1v) is 12.7. The number of hydrogen-bond donors (Lipinski definition) is 1. The van der Waals surface area contributed by atoms with Gasteiger partial charge in [-0.1, -0.05) is 16.5 Å². The first kappa shape index (κ1) is 25.0. The van der Waals surface area contributed by atoms with E-state index in [9.17, 15) is 18.0 Å². The average Bonchev–Trinajstić information content (AvgIpc) is 3.32. The predicted molar refractivity (Wildman–Crippen MR) is 121 cm³/mol. The molecule has 1 aliphatic heterocycles. The van der Waals surface area contributed by atoms with Crippen molar-refractivity contribution in [1.82, 2.24) is 20.4 Å². The van der Waals surface area contributed by atoms with E-state index in [0.717, 1.165) is 75.2 Å². The van der Waals surface area contributed by atoms with Gasteiger partial charge in [-0.2, -0.15) is 13.2 Å². The average molecular weight is 501 g/mol. The van der Waals surface area contributed by atoms with Crippen LogP contribution in [-0.4, -0.2) is 59.4 Å². The lowest BCUT2D eigenvalue weighted by Crippen LogP contribution is -2.39. The fraction of sp³-hybridized carbons (Fsp3) is 0.696. The molecule has 34 heavy (non-hydrogen) atoms. The molecule has 2 aliphatic rings. The number of alkyl halides is 3. The molecule has 0 radical (unpaired) electrons. The standard InChI is InChI=1S/C23H31F3N4O3S/c1-15-12-18(29-33-15)13-21(31)27-17-4-2-16(3-5-17)6-9-30-10-7-19-20(8-11-30)34-22(28-19)32-14-23(24,25)26/h12,16-17H,2-11,13-14H2,1H3,(H,27,31). The van der Waals surface area contributed by atoms with Gasteiger partial charge in [-0.25, -0.2) is 4.98 Å². The van der Waals surface area contributed by atoms with Gasteiger partial charge in [0, 0.05) is 36.5 Å². The van der Waals surface area contributed by atoms with Gasteiger partial charge >= 0.3 is 6.18 Å². The lowest BCUT2D eigenvalue weighted by Gasteiger charge is -2.30. The number of carbonyl (C=O) groups excluding carboxylic acids is 1. The first-order valence-electron chi connectivity index (χ1n) is 11.9. The molecule has 0 spiro atoms. The third-order valence-corrected chi connectivity index (χ3v) is 7.59. The summed E-state index contributed by atoms with van der Waals surface area (Å²) in [4.78, 5) is 20.0. The van der Waals surface area contributed by atoms with Gasteiger partial charge in [-0.15, -0.1) is 0 Å². The van der Waals surface area contributed by atoms with Crippen molar-refractivity contribution in [3.63, 3.8) is 0 Å². The molecule has 11 heteroatoms. The van der Waals surface area contributed by atoms with Crippen molar-refractivity contribution in [2.24, 2.45) is 5.92 Å². The van der Waals surface area contributed by atoms with Crippen molar-refractivity contribution in [3.8, 4) is 5.19 Å². The molecule has 2 aromatic heterocycles. The number of halogens is 3. The zero-order valence-corrected chi connectivity index (χ0v) is 20.1. The molecule has 0 aromatic carbocycles. The van der Waals surface area contributed by atoms with E-state index >= 15 is 0 Å². The summed E-state index contributed by atoms with van der Waals surface area (Å²) in [6, 6.07) is 2.01. The van der Waals surface area contributed by atoms with Gasteiger partial charge in [0.15, 0.2) is 6.61 Å². The maximum atomic E-state index is 12.4.